The third kappa shape index (κ3) is 3.38. The van der Waals surface area contributed by atoms with Crippen molar-refractivity contribution in [1.29, 1.82) is 0 Å². The van der Waals surface area contributed by atoms with Crippen LogP contribution < -0.4 is 14.2 Å². The van der Waals surface area contributed by atoms with Gasteiger partial charge in [-0.2, -0.15) is 0 Å². The van der Waals surface area contributed by atoms with Gasteiger partial charge in [0.2, 0.25) is 0 Å². The van der Waals surface area contributed by atoms with E-state index in [2.05, 4.69) is 0 Å². The third-order valence-electron chi connectivity index (χ3n) is 3.61. The summed E-state index contributed by atoms with van der Waals surface area (Å²) in [5.74, 6) is 0.730. The first-order chi connectivity index (χ1) is 11.5. The second-order valence-corrected chi connectivity index (χ2v) is 4.96. The van der Waals surface area contributed by atoms with Crippen LogP contribution in [0.15, 0.2) is 36.4 Å². The lowest BCUT2D eigenvalue weighted by Crippen LogP contribution is -2.13. The standard InChI is InChI=1S/C18H18O6/c1-22-14-6-4-11(8-13(14)10-19)17(20)18(21)12-5-7-15(23-2)16(9-12)24-3/h4-10,18,21H,1-3H3. The lowest BCUT2D eigenvalue weighted by Gasteiger charge is -2.14. The molecule has 24 heavy (non-hydrogen) atoms. The van der Waals surface area contributed by atoms with Gasteiger partial charge in [0.1, 0.15) is 11.9 Å². The maximum atomic E-state index is 12.5. The number of aldehydes is 1. The van der Waals surface area contributed by atoms with Crippen molar-refractivity contribution in [2.24, 2.45) is 0 Å². The molecule has 0 amide bonds. The molecule has 1 atom stereocenters. The van der Waals surface area contributed by atoms with Crippen molar-refractivity contribution >= 4 is 12.1 Å². The average molecular weight is 330 g/mol. The van der Waals surface area contributed by atoms with Gasteiger partial charge < -0.3 is 19.3 Å². The third-order valence-corrected chi connectivity index (χ3v) is 3.61. The molecule has 0 fully saturated rings. The normalized spacial score (nSPS) is 11.5. The number of aliphatic hydroxyl groups excluding tert-OH is 1. The summed E-state index contributed by atoms with van der Waals surface area (Å²) in [5.41, 5.74) is 0.809. The molecule has 0 saturated heterocycles. The molecule has 2 aromatic carbocycles. The van der Waals surface area contributed by atoms with Crippen LogP contribution >= 0.6 is 0 Å². The van der Waals surface area contributed by atoms with E-state index in [1.54, 1.807) is 12.1 Å². The molecule has 2 rings (SSSR count). The van der Waals surface area contributed by atoms with Crippen molar-refractivity contribution in [3.63, 3.8) is 0 Å². The summed E-state index contributed by atoms with van der Waals surface area (Å²) in [6.45, 7) is 0. The number of aliphatic hydroxyl groups is 1. The first kappa shape index (κ1) is 17.5. The molecule has 2 aromatic rings. The van der Waals surface area contributed by atoms with E-state index in [0.717, 1.165) is 0 Å². The van der Waals surface area contributed by atoms with Crippen LogP contribution in [0.1, 0.15) is 32.4 Å². The molecule has 6 heteroatoms. The van der Waals surface area contributed by atoms with E-state index in [0.29, 0.717) is 29.1 Å². The number of rotatable bonds is 7. The van der Waals surface area contributed by atoms with Crippen LogP contribution in [-0.2, 0) is 0 Å². The average Bonchev–Trinajstić information content (AvgIpc) is 2.65. The van der Waals surface area contributed by atoms with E-state index in [1.165, 1.54) is 45.6 Å². The Morgan fingerprint density at radius 3 is 2.17 bits per heavy atom. The quantitative estimate of drug-likeness (QED) is 0.620. The van der Waals surface area contributed by atoms with Crippen LogP contribution in [-0.4, -0.2) is 38.5 Å². The van der Waals surface area contributed by atoms with Gasteiger partial charge in [-0.1, -0.05) is 6.07 Å². The van der Waals surface area contributed by atoms with Crippen LogP contribution in [0, 0.1) is 0 Å². The maximum absolute atomic E-state index is 12.5. The minimum atomic E-state index is -1.39. The largest absolute Gasteiger partial charge is 0.496 e. The second-order valence-electron chi connectivity index (χ2n) is 4.96. The van der Waals surface area contributed by atoms with Crippen molar-refractivity contribution in [3.8, 4) is 17.2 Å². The summed E-state index contributed by atoms with van der Waals surface area (Å²) in [6.07, 6.45) is -0.795. The van der Waals surface area contributed by atoms with Gasteiger partial charge in [0.15, 0.2) is 23.6 Å². The Labute approximate surface area is 139 Å². The Morgan fingerprint density at radius 2 is 1.58 bits per heavy atom. The van der Waals surface area contributed by atoms with Gasteiger partial charge in [0, 0.05) is 5.56 Å². The fourth-order valence-electron chi connectivity index (χ4n) is 2.31. The molecular weight excluding hydrogens is 312 g/mol. The van der Waals surface area contributed by atoms with Gasteiger partial charge >= 0.3 is 0 Å². The molecule has 0 heterocycles. The van der Waals surface area contributed by atoms with Gasteiger partial charge in [-0.05, 0) is 35.9 Å². The van der Waals surface area contributed by atoms with Crippen LogP contribution in [0.5, 0.6) is 17.2 Å². The molecule has 0 aliphatic heterocycles. The van der Waals surface area contributed by atoms with Crippen molar-refractivity contribution in [2.75, 3.05) is 21.3 Å². The van der Waals surface area contributed by atoms with E-state index in [1.807, 2.05) is 0 Å². The molecule has 1 unspecified atom stereocenters. The number of ketones is 1. The minimum Gasteiger partial charge on any atom is -0.496 e. The Morgan fingerprint density at radius 1 is 0.958 bits per heavy atom. The van der Waals surface area contributed by atoms with E-state index in [9.17, 15) is 14.7 Å². The fraction of sp³-hybridized carbons (Fsp3) is 0.222. The summed E-state index contributed by atoms with van der Waals surface area (Å²) < 4.78 is 15.3. The number of Topliss-reactive ketones (excluding diaryl/α,β-unsaturated/α-hetero) is 1. The molecule has 0 spiro atoms. The molecule has 0 radical (unpaired) electrons. The fourth-order valence-corrected chi connectivity index (χ4v) is 2.31. The van der Waals surface area contributed by atoms with E-state index >= 15 is 0 Å². The van der Waals surface area contributed by atoms with Gasteiger partial charge in [-0.3, -0.25) is 9.59 Å². The summed E-state index contributed by atoms with van der Waals surface area (Å²) >= 11 is 0. The molecule has 0 saturated carbocycles. The zero-order chi connectivity index (χ0) is 17.7. The SMILES string of the molecule is COc1ccc(C(=O)C(O)c2ccc(OC)c(OC)c2)cc1C=O. The molecular formula is C18H18O6. The lowest BCUT2D eigenvalue weighted by molar-refractivity contribution is 0.0747. The number of benzene rings is 2. The van der Waals surface area contributed by atoms with Crippen LogP contribution in [0.3, 0.4) is 0 Å². The number of methoxy groups -OCH3 is 3. The van der Waals surface area contributed by atoms with E-state index in [4.69, 9.17) is 14.2 Å². The summed E-state index contributed by atoms with van der Waals surface area (Å²) in [6, 6.07) is 9.11. The van der Waals surface area contributed by atoms with E-state index in [-0.39, 0.29) is 11.1 Å². The van der Waals surface area contributed by atoms with E-state index < -0.39 is 11.9 Å². The van der Waals surface area contributed by atoms with Crippen molar-refractivity contribution in [3.05, 3.63) is 53.1 Å². The molecule has 0 bridgehead atoms. The van der Waals surface area contributed by atoms with Gasteiger partial charge in [0.05, 0.1) is 26.9 Å². The smallest absolute Gasteiger partial charge is 0.195 e. The van der Waals surface area contributed by atoms with Crippen LogP contribution in [0.4, 0.5) is 0 Å². The van der Waals surface area contributed by atoms with Gasteiger partial charge in [0.25, 0.3) is 0 Å². The molecule has 6 nitrogen and oxygen atoms in total. The Balaban J connectivity index is 2.34. The summed E-state index contributed by atoms with van der Waals surface area (Å²) in [5, 5.41) is 10.4. The Hall–Kier alpha value is -2.86. The summed E-state index contributed by atoms with van der Waals surface area (Å²) in [4.78, 5) is 23.6. The predicted octanol–water partition coefficient (Wildman–Crippen LogP) is 2.44. The lowest BCUT2D eigenvalue weighted by atomic mass is 9.98. The number of hydrogen-bond donors (Lipinski definition) is 1. The predicted molar refractivity (Wildman–Crippen MR) is 87.2 cm³/mol. The molecule has 0 aromatic heterocycles. The second kappa shape index (κ2) is 7.61. The zero-order valence-electron chi connectivity index (χ0n) is 13.6. The first-order valence-electron chi connectivity index (χ1n) is 7.13. The highest BCUT2D eigenvalue weighted by Crippen LogP contribution is 2.31. The molecule has 126 valence electrons. The Bertz CT molecular complexity index is 753. The topological polar surface area (TPSA) is 82.1 Å². The molecule has 0 aliphatic carbocycles. The van der Waals surface area contributed by atoms with Crippen molar-refractivity contribution in [1.82, 2.24) is 0 Å². The van der Waals surface area contributed by atoms with Gasteiger partial charge in [-0.15, -0.1) is 0 Å². The van der Waals surface area contributed by atoms with Crippen LogP contribution in [0.2, 0.25) is 0 Å². The van der Waals surface area contributed by atoms with Gasteiger partial charge in [-0.25, -0.2) is 0 Å². The van der Waals surface area contributed by atoms with Crippen LogP contribution in [0.25, 0.3) is 0 Å². The number of carbonyl (C=O) groups excluding carboxylic acids is 2. The summed E-state index contributed by atoms with van der Waals surface area (Å²) in [7, 11) is 4.40. The number of carbonyl (C=O) groups is 2. The van der Waals surface area contributed by atoms with Crippen molar-refractivity contribution < 1.29 is 28.9 Å². The maximum Gasteiger partial charge on any atom is 0.195 e. The molecule has 1 N–H and O–H groups in total. The Kier molecular flexibility index (Phi) is 5.55. The number of hydrogen-bond acceptors (Lipinski definition) is 6. The monoisotopic (exact) mass is 330 g/mol. The molecule has 0 aliphatic rings. The highest BCUT2D eigenvalue weighted by molar-refractivity contribution is 6.01. The first-order valence-corrected chi connectivity index (χ1v) is 7.13. The highest BCUT2D eigenvalue weighted by atomic mass is 16.5. The zero-order valence-corrected chi connectivity index (χ0v) is 13.6. The van der Waals surface area contributed by atoms with Crippen molar-refractivity contribution in [2.45, 2.75) is 6.10 Å². The number of ether oxygens (including phenoxy) is 3. The highest BCUT2D eigenvalue weighted by Gasteiger charge is 2.22. The minimum absolute atomic E-state index is 0.209.